The number of carbonyl (C=O) groups is 2. The molecule has 4 aromatic rings. The Morgan fingerprint density at radius 3 is 2.64 bits per heavy atom. The first-order valence-electron chi connectivity index (χ1n) is 10.8. The molecule has 0 fully saturated rings. The highest BCUT2D eigenvalue weighted by atomic mass is 19.4. The number of benzene rings is 1. The number of halogens is 3. The molecule has 0 bridgehead atoms. The van der Waals surface area contributed by atoms with Crippen LogP contribution in [0.15, 0.2) is 55.1 Å². The molecule has 0 unspecified atom stereocenters. The van der Waals surface area contributed by atoms with Crippen LogP contribution in [0.1, 0.15) is 23.0 Å². The minimum absolute atomic E-state index is 0.00692. The van der Waals surface area contributed by atoms with Crippen LogP contribution in [0, 0.1) is 0 Å². The Bertz CT molecular complexity index is 1370. The van der Waals surface area contributed by atoms with Gasteiger partial charge in [0.05, 0.1) is 0 Å². The number of H-pyrrole nitrogens is 1. The second kappa shape index (κ2) is 10.4. The molecule has 3 heterocycles. The van der Waals surface area contributed by atoms with Gasteiger partial charge >= 0.3 is 6.18 Å². The first kappa shape index (κ1) is 24.6. The SMILES string of the molecule is C[C@H](Nc1cc(C(=O)NCc2ccccc2)nc(-c2c[nH]c3ncncc23)n1)C(=O)NCC(F)(F)F. The lowest BCUT2D eigenvalue weighted by Gasteiger charge is -2.16. The number of nitrogens with zero attached hydrogens (tertiary/aromatic N) is 4. The molecule has 0 saturated heterocycles. The third-order valence-electron chi connectivity index (χ3n) is 5.07. The van der Waals surface area contributed by atoms with Crippen LogP contribution >= 0.6 is 0 Å². The van der Waals surface area contributed by atoms with Crippen LogP contribution in [0.2, 0.25) is 0 Å². The van der Waals surface area contributed by atoms with Gasteiger partial charge in [0.1, 0.15) is 36.1 Å². The maximum absolute atomic E-state index is 12.9. The van der Waals surface area contributed by atoms with E-state index < -0.39 is 30.6 Å². The lowest BCUT2D eigenvalue weighted by molar-refractivity contribution is -0.138. The fraction of sp³-hybridized carbons (Fsp3) is 0.217. The van der Waals surface area contributed by atoms with Crippen LogP contribution in [-0.4, -0.2) is 55.5 Å². The second-order valence-electron chi connectivity index (χ2n) is 7.82. The lowest BCUT2D eigenvalue weighted by atomic mass is 10.2. The summed E-state index contributed by atoms with van der Waals surface area (Å²) in [6.45, 7) is 0.163. The molecular weight excluding hydrogens is 477 g/mol. The summed E-state index contributed by atoms with van der Waals surface area (Å²) in [5, 5.41) is 7.93. The van der Waals surface area contributed by atoms with E-state index in [2.05, 4.69) is 35.6 Å². The number of rotatable bonds is 8. The molecule has 1 atom stereocenters. The van der Waals surface area contributed by atoms with Gasteiger partial charge in [-0.15, -0.1) is 0 Å². The zero-order chi connectivity index (χ0) is 25.7. The molecule has 0 radical (unpaired) electrons. The third kappa shape index (κ3) is 6.11. The van der Waals surface area contributed by atoms with Gasteiger partial charge in [0.2, 0.25) is 5.91 Å². The van der Waals surface area contributed by atoms with Crippen molar-refractivity contribution < 1.29 is 22.8 Å². The summed E-state index contributed by atoms with van der Waals surface area (Å²) in [4.78, 5) is 44.9. The fourth-order valence-corrected chi connectivity index (χ4v) is 3.30. The predicted octanol–water partition coefficient (Wildman–Crippen LogP) is 2.82. The van der Waals surface area contributed by atoms with E-state index in [1.807, 2.05) is 35.6 Å². The average molecular weight is 498 g/mol. The van der Waals surface area contributed by atoms with Crippen LogP contribution in [0.4, 0.5) is 19.0 Å². The maximum atomic E-state index is 12.9. The van der Waals surface area contributed by atoms with E-state index in [0.717, 1.165) is 5.56 Å². The summed E-state index contributed by atoms with van der Waals surface area (Å²) in [5.41, 5.74) is 1.90. The number of amides is 2. The molecule has 186 valence electrons. The molecule has 4 rings (SSSR count). The van der Waals surface area contributed by atoms with Crippen molar-refractivity contribution in [2.45, 2.75) is 25.7 Å². The molecule has 13 heteroatoms. The van der Waals surface area contributed by atoms with E-state index in [0.29, 0.717) is 16.6 Å². The highest BCUT2D eigenvalue weighted by Gasteiger charge is 2.29. The minimum Gasteiger partial charge on any atom is -0.358 e. The Morgan fingerprint density at radius 1 is 1.11 bits per heavy atom. The number of hydrogen-bond acceptors (Lipinski definition) is 7. The third-order valence-corrected chi connectivity index (χ3v) is 5.07. The molecular formula is C23H21F3N8O2. The molecule has 0 aliphatic rings. The predicted molar refractivity (Wildman–Crippen MR) is 125 cm³/mol. The monoisotopic (exact) mass is 498 g/mol. The minimum atomic E-state index is -4.54. The molecule has 3 aromatic heterocycles. The summed E-state index contributed by atoms with van der Waals surface area (Å²) in [6.07, 6.45) is -0.0202. The van der Waals surface area contributed by atoms with Crippen molar-refractivity contribution in [3.8, 4) is 11.4 Å². The van der Waals surface area contributed by atoms with E-state index in [9.17, 15) is 22.8 Å². The summed E-state index contributed by atoms with van der Waals surface area (Å²) in [7, 11) is 0. The van der Waals surface area contributed by atoms with Crippen LogP contribution in [0.5, 0.6) is 0 Å². The lowest BCUT2D eigenvalue weighted by Crippen LogP contribution is -2.42. The van der Waals surface area contributed by atoms with Crippen molar-refractivity contribution in [3.63, 3.8) is 0 Å². The number of alkyl halides is 3. The van der Waals surface area contributed by atoms with E-state index in [1.165, 1.54) is 19.3 Å². The standard InChI is InChI=1S/C23H21F3N8O2/c1-13(21(35)30-11-23(24,25)26)32-18-7-17(22(36)29-8-14-5-3-2-4-6-14)33-20(34-18)16-10-28-19-15(16)9-27-12-31-19/h2-7,9-10,12-13H,8,11H2,1H3,(H,29,36)(H,30,35)(H,27,28,31)(H,32,33,34)/t13-/m0/s1. The normalized spacial score (nSPS) is 12.2. The first-order chi connectivity index (χ1) is 17.2. The largest absolute Gasteiger partial charge is 0.405 e. The van der Waals surface area contributed by atoms with Gasteiger partial charge in [-0.25, -0.2) is 19.9 Å². The van der Waals surface area contributed by atoms with Crippen LogP contribution < -0.4 is 16.0 Å². The Hall–Kier alpha value is -4.55. The number of fused-ring (bicyclic) bond motifs is 1. The molecule has 0 aliphatic heterocycles. The Labute approximate surface area is 202 Å². The van der Waals surface area contributed by atoms with Gasteiger partial charge in [0.25, 0.3) is 5.91 Å². The second-order valence-corrected chi connectivity index (χ2v) is 7.82. The number of carbonyl (C=O) groups excluding carboxylic acids is 2. The van der Waals surface area contributed by atoms with Crippen molar-refractivity contribution in [1.82, 2.24) is 35.6 Å². The Balaban J connectivity index is 1.62. The van der Waals surface area contributed by atoms with Crippen LogP contribution in [-0.2, 0) is 11.3 Å². The number of nitrogens with one attached hydrogen (secondary N) is 4. The maximum Gasteiger partial charge on any atom is 0.405 e. The molecule has 0 saturated carbocycles. The van der Waals surface area contributed by atoms with Crippen molar-refractivity contribution in [3.05, 3.63) is 66.4 Å². The zero-order valence-corrected chi connectivity index (χ0v) is 18.9. The van der Waals surface area contributed by atoms with Crippen LogP contribution in [0.3, 0.4) is 0 Å². The van der Waals surface area contributed by atoms with Gasteiger partial charge in [-0.05, 0) is 12.5 Å². The smallest absolute Gasteiger partial charge is 0.358 e. The number of aromatic nitrogens is 5. The molecule has 0 spiro atoms. The van der Waals surface area contributed by atoms with Gasteiger partial charge in [0.15, 0.2) is 5.82 Å². The summed E-state index contributed by atoms with van der Waals surface area (Å²) in [5.74, 6) is -1.18. The molecule has 4 N–H and O–H groups in total. The van der Waals surface area contributed by atoms with Gasteiger partial charge < -0.3 is 20.9 Å². The van der Waals surface area contributed by atoms with Crippen LogP contribution in [0.25, 0.3) is 22.4 Å². The van der Waals surface area contributed by atoms with Gasteiger partial charge in [-0.1, -0.05) is 30.3 Å². The summed E-state index contributed by atoms with van der Waals surface area (Å²) < 4.78 is 37.4. The first-order valence-corrected chi connectivity index (χ1v) is 10.8. The van der Waals surface area contributed by atoms with Crippen molar-refractivity contribution in [2.75, 3.05) is 11.9 Å². The molecule has 2 amide bonds. The van der Waals surface area contributed by atoms with Crippen molar-refractivity contribution in [2.24, 2.45) is 0 Å². The summed E-state index contributed by atoms with van der Waals surface area (Å²) in [6, 6.07) is 9.49. The molecule has 0 aliphatic carbocycles. The van der Waals surface area contributed by atoms with Gasteiger partial charge in [0, 0.05) is 36.0 Å². The van der Waals surface area contributed by atoms with Crippen molar-refractivity contribution >= 4 is 28.7 Å². The quantitative estimate of drug-likeness (QED) is 0.293. The number of anilines is 1. The zero-order valence-electron chi connectivity index (χ0n) is 18.9. The average Bonchev–Trinajstić information content (AvgIpc) is 3.30. The number of aromatic amines is 1. The summed E-state index contributed by atoms with van der Waals surface area (Å²) >= 11 is 0. The molecule has 36 heavy (non-hydrogen) atoms. The fourth-order valence-electron chi connectivity index (χ4n) is 3.30. The van der Waals surface area contributed by atoms with E-state index in [1.54, 1.807) is 12.4 Å². The highest BCUT2D eigenvalue weighted by molar-refractivity contribution is 5.95. The Kier molecular flexibility index (Phi) is 7.08. The topological polar surface area (TPSA) is 138 Å². The molecule has 1 aromatic carbocycles. The van der Waals surface area contributed by atoms with Gasteiger partial charge in [-0.3, -0.25) is 9.59 Å². The van der Waals surface area contributed by atoms with E-state index in [-0.39, 0.29) is 23.9 Å². The van der Waals surface area contributed by atoms with Crippen molar-refractivity contribution in [1.29, 1.82) is 0 Å². The van der Waals surface area contributed by atoms with E-state index >= 15 is 0 Å². The van der Waals surface area contributed by atoms with E-state index in [4.69, 9.17) is 0 Å². The highest BCUT2D eigenvalue weighted by Crippen LogP contribution is 2.26. The Morgan fingerprint density at radius 2 is 1.89 bits per heavy atom. The number of hydrogen-bond donors (Lipinski definition) is 4. The molecule has 10 nitrogen and oxygen atoms in total. The van der Waals surface area contributed by atoms with Gasteiger partial charge in [-0.2, -0.15) is 13.2 Å².